The van der Waals surface area contributed by atoms with Crippen molar-refractivity contribution < 1.29 is 19.4 Å². The number of hydrogen-bond donors (Lipinski definition) is 1. The van der Waals surface area contributed by atoms with Crippen LogP contribution in [0.2, 0.25) is 0 Å². The molecule has 1 N–H and O–H groups in total. The number of methoxy groups -OCH3 is 2. The van der Waals surface area contributed by atoms with Crippen molar-refractivity contribution in [3.8, 4) is 0 Å². The van der Waals surface area contributed by atoms with Crippen LogP contribution in [0.25, 0.3) is 0 Å². The van der Waals surface area contributed by atoms with E-state index in [1.54, 1.807) is 7.11 Å². The maximum Gasteiger partial charge on any atom is 0.311 e. The summed E-state index contributed by atoms with van der Waals surface area (Å²) in [5.41, 5.74) is 0. The van der Waals surface area contributed by atoms with E-state index in [0.717, 1.165) is 0 Å². The summed E-state index contributed by atoms with van der Waals surface area (Å²) in [6, 6.07) is 0. The van der Waals surface area contributed by atoms with Gasteiger partial charge in [-0.1, -0.05) is 0 Å². The van der Waals surface area contributed by atoms with Crippen molar-refractivity contribution in [2.75, 3.05) is 27.4 Å². The van der Waals surface area contributed by atoms with Gasteiger partial charge < -0.3 is 14.6 Å². The number of rotatable bonds is 5. The first kappa shape index (κ1) is 10.4. The van der Waals surface area contributed by atoms with Gasteiger partial charge in [0.15, 0.2) is 0 Å². The van der Waals surface area contributed by atoms with E-state index in [0.29, 0.717) is 13.0 Å². The third-order valence-corrected chi connectivity index (χ3v) is 1.43. The zero-order valence-electron chi connectivity index (χ0n) is 6.87. The van der Waals surface area contributed by atoms with E-state index < -0.39 is 5.92 Å². The molecule has 0 heterocycles. The lowest BCUT2D eigenvalue weighted by Gasteiger charge is -2.09. The van der Waals surface area contributed by atoms with Gasteiger partial charge >= 0.3 is 5.97 Å². The molecule has 66 valence electrons. The lowest BCUT2D eigenvalue weighted by molar-refractivity contribution is -0.147. The molecule has 0 bridgehead atoms. The number of ether oxygens (including phenoxy) is 2. The van der Waals surface area contributed by atoms with Crippen LogP contribution in [0.1, 0.15) is 6.42 Å². The van der Waals surface area contributed by atoms with Crippen LogP contribution in [0.4, 0.5) is 0 Å². The van der Waals surface area contributed by atoms with Crippen molar-refractivity contribution in [3.63, 3.8) is 0 Å². The van der Waals surface area contributed by atoms with E-state index in [1.165, 1.54) is 7.11 Å². The summed E-state index contributed by atoms with van der Waals surface area (Å²) in [6.45, 7) is 0.274. The molecule has 0 amide bonds. The Bertz CT molecular complexity index is 113. The molecule has 0 aromatic rings. The van der Waals surface area contributed by atoms with Crippen molar-refractivity contribution in [1.29, 1.82) is 0 Å². The largest absolute Gasteiger partial charge is 0.469 e. The zero-order valence-corrected chi connectivity index (χ0v) is 6.87. The van der Waals surface area contributed by atoms with Crippen LogP contribution in [-0.4, -0.2) is 38.5 Å². The molecule has 0 aliphatic rings. The SMILES string of the molecule is COCCC(CO)C(=O)OC. The predicted molar refractivity (Wildman–Crippen MR) is 39.1 cm³/mol. The molecule has 0 aliphatic carbocycles. The number of aliphatic hydroxyl groups is 1. The normalized spacial score (nSPS) is 12.6. The van der Waals surface area contributed by atoms with Crippen LogP contribution in [0.3, 0.4) is 0 Å². The van der Waals surface area contributed by atoms with E-state index in [9.17, 15) is 4.79 Å². The van der Waals surface area contributed by atoms with Gasteiger partial charge in [0.25, 0.3) is 0 Å². The summed E-state index contributed by atoms with van der Waals surface area (Å²) in [5, 5.41) is 8.70. The summed E-state index contributed by atoms with van der Waals surface area (Å²) in [6.07, 6.45) is 0.500. The Morgan fingerprint density at radius 3 is 2.55 bits per heavy atom. The lowest BCUT2D eigenvalue weighted by atomic mass is 10.1. The highest BCUT2D eigenvalue weighted by atomic mass is 16.5. The minimum Gasteiger partial charge on any atom is -0.469 e. The highest BCUT2D eigenvalue weighted by Crippen LogP contribution is 2.03. The summed E-state index contributed by atoms with van der Waals surface area (Å²) in [7, 11) is 2.85. The van der Waals surface area contributed by atoms with Gasteiger partial charge in [0.05, 0.1) is 19.6 Å². The molecule has 1 atom stereocenters. The molecule has 11 heavy (non-hydrogen) atoms. The van der Waals surface area contributed by atoms with E-state index in [1.807, 2.05) is 0 Å². The Morgan fingerprint density at radius 2 is 2.18 bits per heavy atom. The smallest absolute Gasteiger partial charge is 0.311 e. The first-order valence-corrected chi connectivity index (χ1v) is 3.43. The van der Waals surface area contributed by atoms with Crippen molar-refractivity contribution in [2.45, 2.75) is 6.42 Å². The summed E-state index contributed by atoms with van der Waals surface area (Å²) in [4.78, 5) is 10.8. The fraction of sp³-hybridized carbons (Fsp3) is 0.857. The number of aliphatic hydroxyl groups excluding tert-OH is 1. The number of esters is 1. The molecule has 0 spiro atoms. The molecular weight excluding hydrogens is 148 g/mol. The zero-order chi connectivity index (χ0) is 8.69. The predicted octanol–water partition coefficient (Wildman–Crippen LogP) is -0.196. The Hall–Kier alpha value is -0.610. The number of carbonyl (C=O) groups excluding carboxylic acids is 1. The summed E-state index contributed by atoms with van der Waals surface area (Å²) in [5.74, 6) is -0.829. The first-order valence-electron chi connectivity index (χ1n) is 3.43. The van der Waals surface area contributed by atoms with Gasteiger partial charge in [0.1, 0.15) is 0 Å². The minimum absolute atomic E-state index is 0.184. The van der Waals surface area contributed by atoms with Crippen LogP contribution < -0.4 is 0 Å². The maximum absolute atomic E-state index is 10.8. The Labute approximate surface area is 66.1 Å². The molecule has 1 unspecified atom stereocenters. The average Bonchev–Trinajstić information content (AvgIpc) is 2.05. The van der Waals surface area contributed by atoms with Crippen molar-refractivity contribution in [3.05, 3.63) is 0 Å². The maximum atomic E-state index is 10.8. The second-order valence-corrected chi connectivity index (χ2v) is 2.18. The minimum atomic E-state index is -0.444. The Kier molecular flexibility index (Phi) is 5.78. The highest BCUT2D eigenvalue weighted by Gasteiger charge is 2.16. The molecule has 0 aromatic heterocycles. The molecule has 0 aromatic carbocycles. The van der Waals surface area contributed by atoms with Crippen molar-refractivity contribution in [1.82, 2.24) is 0 Å². The lowest BCUT2D eigenvalue weighted by Crippen LogP contribution is -2.21. The second-order valence-electron chi connectivity index (χ2n) is 2.18. The van der Waals surface area contributed by atoms with Gasteiger partial charge in [-0.3, -0.25) is 4.79 Å². The van der Waals surface area contributed by atoms with E-state index >= 15 is 0 Å². The molecule has 4 nitrogen and oxygen atoms in total. The van der Waals surface area contributed by atoms with Gasteiger partial charge in [-0.2, -0.15) is 0 Å². The topological polar surface area (TPSA) is 55.8 Å². The molecule has 0 aliphatic heterocycles. The van der Waals surface area contributed by atoms with Gasteiger partial charge in [0.2, 0.25) is 0 Å². The first-order chi connectivity index (χ1) is 5.26. The molecule has 0 fully saturated rings. The molecule has 0 saturated carbocycles. The molecule has 0 rings (SSSR count). The van der Waals surface area contributed by atoms with Crippen molar-refractivity contribution in [2.24, 2.45) is 5.92 Å². The number of carbonyl (C=O) groups is 1. The fourth-order valence-electron chi connectivity index (χ4n) is 0.710. The average molecular weight is 162 g/mol. The van der Waals surface area contributed by atoms with Crippen LogP contribution in [0, 0.1) is 5.92 Å². The van der Waals surface area contributed by atoms with Crippen molar-refractivity contribution >= 4 is 5.97 Å². The Balaban J connectivity index is 3.65. The number of hydrogen-bond acceptors (Lipinski definition) is 4. The van der Waals surface area contributed by atoms with E-state index in [4.69, 9.17) is 9.84 Å². The molecule has 4 heteroatoms. The van der Waals surface area contributed by atoms with Crippen LogP contribution in [0.5, 0.6) is 0 Å². The fourth-order valence-corrected chi connectivity index (χ4v) is 0.710. The molecular formula is C7H14O4. The third kappa shape index (κ3) is 3.95. The quantitative estimate of drug-likeness (QED) is 0.569. The molecule has 0 radical (unpaired) electrons. The van der Waals surface area contributed by atoms with Gasteiger partial charge in [-0.25, -0.2) is 0 Å². The summed E-state index contributed by atoms with van der Waals surface area (Å²) < 4.78 is 9.20. The summed E-state index contributed by atoms with van der Waals surface area (Å²) >= 11 is 0. The molecule has 0 saturated heterocycles. The van der Waals surface area contributed by atoms with Gasteiger partial charge in [-0.05, 0) is 6.42 Å². The van der Waals surface area contributed by atoms with E-state index in [2.05, 4.69) is 4.74 Å². The second kappa shape index (κ2) is 6.12. The van der Waals surface area contributed by atoms with Crippen LogP contribution in [0.15, 0.2) is 0 Å². The van der Waals surface area contributed by atoms with Crippen LogP contribution in [-0.2, 0) is 14.3 Å². The van der Waals surface area contributed by atoms with Crippen LogP contribution >= 0.6 is 0 Å². The highest BCUT2D eigenvalue weighted by molar-refractivity contribution is 5.72. The van der Waals surface area contributed by atoms with E-state index in [-0.39, 0.29) is 12.6 Å². The standard InChI is InChI=1S/C7H14O4/c1-10-4-3-6(5-8)7(9)11-2/h6,8H,3-5H2,1-2H3. The monoisotopic (exact) mass is 162 g/mol. The third-order valence-electron chi connectivity index (χ3n) is 1.43. The van der Waals surface area contributed by atoms with Gasteiger partial charge in [-0.15, -0.1) is 0 Å². The Morgan fingerprint density at radius 1 is 1.55 bits per heavy atom. The van der Waals surface area contributed by atoms with Gasteiger partial charge in [0, 0.05) is 13.7 Å².